The first-order chi connectivity index (χ1) is 8.51. The quantitative estimate of drug-likeness (QED) is 0.625. The topological polar surface area (TPSA) is 58.4 Å². The minimum Gasteiger partial charge on any atom is -0.355 e. The van der Waals surface area contributed by atoms with Crippen LogP contribution in [0.15, 0.2) is 0 Å². The monoisotopic (exact) mass is 257 g/mol. The van der Waals surface area contributed by atoms with Crippen molar-refractivity contribution < 1.29 is 4.79 Å². The number of hydrogen-bond donors (Lipinski definition) is 2. The van der Waals surface area contributed by atoms with Crippen molar-refractivity contribution in [2.24, 2.45) is 11.7 Å². The van der Waals surface area contributed by atoms with Crippen LogP contribution in [0.2, 0.25) is 0 Å². The van der Waals surface area contributed by atoms with Gasteiger partial charge in [0.25, 0.3) is 0 Å². The molecule has 3 N–H and O–H groups in total. The number of likely N-dealkylation sites (N-methyl/N-ethyl adjacent to an activating group) is 1. The van der Waals surface area contributed by atoms with E-state index >= 15 is 0 Å². The Labute approximate surface area is 112 Å². The van der Waals surface area contributed by atoms with E-state index in [2.05, 4.69) is 38.0 Å². The van der Waals surface area contributed by atoms with E-state index in [1.807, 2.05) is 0 Å². The highest BCUT2D eigenvalue weighted by Crippen LogP contribution is 2.08. The number of carbonyl (C=O) groups is 1. The predicted octanol–water partition coefficient (Wildman–Crippen LogP) is 1.60. The van der Waals surface area contributed by atoms with E-state index in [1.54, 1.807) is 0 Å². The van der Waals surface area contributed by atoms with Gasteiger partial charge < -0.3 is 16.0 Å². The molecule has 0 saturated heterocycles. The maximum absolute atomic E-state index is 11.6. The molecule has 0 radical (unpaired) electrons. The Morgan fingerprint density at radius 2 is 2.00 bits per heavy atom. The fourth-order valence-corrected chi connectivity index (χ4v) is 1.80. The fourth-order valence-electron chi connectivity index (χ4n) is 1.80. The molecule has 0 aromatic carbocycles. The molecule has 0 fully saturated rings. The first-order valence-corrected chi connectivity index (χ1v) is 7.18. The van der Waals surface area contributed by atoms with Crippen LogP contribution >= 0.6 is 0 Å². The van der Waals surface area contributed by atoms with Gasteiger partial charge in [-0.2, -0.15) is 0 Å². The zero-order chi connectivity index (χ0) is 14.0. The maximum Gasteiger partial charge on any atom is 0.220 e. The van der Waals surface area contributed by atoms with Gasteiger partial charge in [0.15, 0.2) is 0 Å². The third-order valence-electron chi connectivity index (χ3n) is 3.65. The summed E-state index contributed by atoms with van der Waals surface area (Å²) in [6, 6.07) is 0.575. The lowest BCUT2D eigenvalue weighted by atomic mass is 10.0. The maximum atomic E-state index is 11.6. The first-order valence-electron chi connectivity index (χ1n) is 7.18. The highest BCUT2D eigenvalue weighted by Gasteiger charge is 2.08. The molecule has 0 spiro atoms. The summed E-state index contributed by atoms with van der Waals surface area (Å²) in [5, 5.41) is 2.98. The Kier molecular flexibility index (Phi) is 9.98. The van der Waals surface area contributed by atoms with Crippen molar-refractivity contribution in [3.63, 3.8) is 0 Å². The summed E-state index contributed by atoms with van der Waals surface area (Å²) in [6.07, 6.45) is 3.70. The summed E-state index contributed by atoms with van der Waals surface area (Å²) in [7, 11) is 2.10. The lowest BCUT2D eigenvalue weighted by Gasteiger charge is -2.23. The van der Waals surface area contributed by atoms with E-state index in [9.17, 15) is 4.79 Å². The van der Waals surface area contributed by atoms with E-state index < -0.39 is 0 Å². The Bertz CT molecular complexity index is 221. The number of hydrogen-bond acceptors (Lipinski definition) is 3. The van der Waals surface area contributed by atoms with Crippen molar-refractivity contribution in [1.82, 2.24) is 10.2 Å². The highest BCUT2D eigenvalue weighted by molar-refractivity contribution is 5.75. The van der Waals surface area contributed by atoms with Gasteiger partial charge in [0.05, 0.1) is 0 Å². The molecule has 2 atom stereocenters. The third-order valence-corrected chi connectivity index (χ3v) is 3.65. The first kappa shape index (κ1) is 17.4. The second-order valence-corrected chi connectivity index (χ2v) is 5.31. The normalized spacial score (nSPS) is 14.6. The molecule has 4 heteroatoms. The zero-order valence-electron chi connectivity index (χ0n) is 12.5. The van der Waals surface area contributed by atoms with Crippen molar-refractivity contribution in [3.8, 4) is 0 Å². The zero-order valence-corrected chi connectivity index (χ0v) is 12.5. The molecule has 0 rings (SSSR count). The Morgan fingerprint density at radius 1 is 1.33 bits per heavy atom. The summed E-state index contributed by atoms with van der Waals surface area (Å²) >= 11 is 0. The fraction of sp³-hybridized carbons (Fsp3) is 0.929. The average molecular weight is 257 g/mol. The molecule has 18 heavy (non-hydrogen) atoms. The number of nitrogens with two attached hydrogens (primary N) is 1. The van der Waals surface area contributed by atoms with Crippen LogP contribution in [0.1, 0.15) is 46.5 Å². The molecule has 0 aliphatic heterocycles. The van der Waals surface area contributed by atoms with Gasteiger partial charge in [0.1, 0.15) is 0 Å². The van der Waals surface area contributed by atoms with Gasteiger partial charge in [0, 0.05) is 25.6 Å². The molecule has 0 aliphatic carbocycles. The van der Waals surface area contributed by atoms with Crippen molar-refractivity contribution in [2.75, 3.05) is 26.7 Å². The lowest BCUT2D eigenvalue weighted by Crippen LogP contribution is -2.37. The van der Waals surface area contributed by atoms with Crippen LogP contribution in [0.25, 0.3) is 0 Å². The third kappa shape index (κ3) is 8.48. The Morgan fingerprint density at radius 3 is 2.56 bits per heavy atom. The molecular weight excluding hydrogens is 226 g/mol. The molecule has 0 aliphatic rings. The van der Waals surface area contributed by atoms with Gasteiger partial charge in [-0.3, -0.25) is 4.79 Å². The number of nitrogens with one attached hydrogen (secondary N) is 1. The number of amides is 1. The van der Waals surface area contributed by atoms with Gasteiger partial charge in [-0.05, 0) is 45.7 Å². The van der Waals surface area contributed by atoms with Crippen molar-refractivity contribution in [2.45, 2.75) is 52.5 Å². The standard InChI is InChI=1S/C14H31N3O/c1-5-13(3)17(4)11-10-16-14(18)7-6-12(2)8-9-15/h12-13H,5-11,15H2,1-4H3,(H,16,18). The summed E-state index contributed by atoms with van der Waals surface area (Å²) in [4.78, 5) is 13.9. The van der Waals surface area contributed by atoms with Gasteiger partial charge in [0.2, 0.25) is 5.91 Å². The molecule has 108 valence electrons. The van der Waals surface area contributed by atoms with Gasteiger partial charge in [-0.25, -0.2) is 0 Å². The van der Waals surface area contributed by atoms with Crippen molar-refractivity contribution in [3.05, 3.63) is 0 Å². The summed E-state index contributed by atoms with van der Waals surface area (Å²) in [5.74, 6) is 0.708. The highest BCUT2D eigenvalue weighted by atomic mass is 16.1. The SMILES string of the molecule is CCC(C)N(C)CCNC(=O)CCC(C)CCN. The molecule has 0 saturated carbocycles. The van der Waals surface area contributed by atoms with E-state index in [0.717, 1.165) is 32.4 Å². The van der Waals surface area contributed by atoms with Crippen molar-refractivity contribution in [1.29, 1.82) is 0 Å². The number of rotatable bonds is 10. The molecule has 1 amide bonds. The van der Waals surface area contributed by atoms with E-state index in [4.69, 9.17) is 5.73 Å². The largest absolute Gasteiger partial charge is 0.355 e. The molecular formula is C14H31N3O. The van der Waals surface area contributed by atoms with E-state index in [1.165, 1.54) is 0 Å². The molecule has 2 unspecified atom stereocenters. The van der Waals surface area contributed by atoms with Gasteiger partial charge in [-0.1, -0.05) is 13.8 Å². The molecule has 4 nitrogen and oxygen atoms in total. The Balaban J connectivity index is 3.59. The second kappa shape index (κ2) is 10.3. The van der Waals surface area contributed by atoms with Crippen LogP contribution in [0.3, 0.4) is 0 Å². The van der Waals surface area contributed by atoms with Crippen LogP contribution in [0.5, 0.6) is 0 Å². The van der Waals surface area contributed by atoms with Gasteiger partial charge >= 0.3 is 0 Å². The van der Waals surface area contributed by atoms with Crippen LogP contribution in [0.4, 0.5) is 0 Å². The molecule has 0 aromatic rings. The van der Waals surface area contributed by atoms with Gasteiger partial charge in [-0.15, -0.1) is 0 Å². The lowest BCUT2D eigenvalue weighted by molar-refractivity contribution is -0.121. The number of nitrogens with zero attached hydrogens (tertiary/aromatic N) is 1. The minimum atomic E-state index is 0.163. The second-order valence-electron chi connectivity index (χ2n) is 5.31. The smallest absolute Gasteiger partial charge is 0.220 e. The summed E-state index contributed by atoms with van der Waals surface area (Å²) in [5.41, 5.74) is 5.48. The average Bonchev–Trinajstić information content (AvgIpc) is 2.35. The van der Waals surface area contributed by atoms with Crippen LogP contribution in [-0.4, -0.2) is 43.5 Å². The molecule has 0 bridgehead atoms. The summed E-state index contributed by atoms with van der Waals surface area (Å²) in [6.45, 7) is 8.90. The predicted molar refractivity (Wildman–Crippen MR) is 77.5 cm³/mol. The summed E-state index contributed by atoms with van der Waals surface area (Å²) < 4.78 is 0. The van der Waals surface area contributed by atoms with E-state index in [0.29, 0.717) is 24.9 Å². The molecule has 0 aromatic heterocycles. The minimum absolute atomic E-state index is 0.163. The van der Waals surface area contributed by atoms with Crippen LogP contribution < -0.4 is 11.1 Å². The van der Waals surface area contributed by atoms with Crippen molar-refractivity contribution >= 4 is 5.91 Å². The van der Waals surface area contributed by atoms with Crippen LogP contribution in [0, 0.1) is 5.92 Å². The van der Waals surface area contributed by atoms with Crippen LogP contribution in [-0.2, 0) is 4.79 Å². The van der Waals surface area contributed by atoms with E-state index in [-0.39, 0.29) is 5.91 Å². The number of carbonyl (C=O) groups excluding carboxylic acids is 1. The Hall–Kier alpha value is -0.610. The molecule has 0 heterocycles.